The Kier molecular flexibility index (Phi) is 3.84. The molecule has 0 aliphatic rings. The zero-order valence-corrected chi connectivity index (χ0v) is 9.73. The van der Waals surface area contributed by atoms with Crippen molar-refractivity contribution in [3.8, 4) is 0 Å². The molecule has 1 aromatic carbocycles. The molecule has 0 aromatic heterocycles. The van der Waals surface area contributed by atoms with Crippen molar-refractivity contribution in [1.29, 1.82) is 0 Å². The highest BCUT2D eigenvalue weighted by Crippen LogP contribution is 2.09. The minimum atomic E-state index is -0.988. The first-order chi connectivity index (χ1) is 6.50. The summed E-state index contributed by atoms with van der Waals surface area (Å²) in [5, 5.41) is 0. The predicted molar refractivity (Wildman–Crippen MR) is 61.2 cm³/mol. The van der Waals surface area contributed by atoms with Crippen LogP contribution < -0.4 is 4.72 Å². The second-order valence-electron chi connectivity index (χ2n) is 4.19. The maximum atomic E-state index is 11.6. The molecule has 0 spiro atoms. The van der Waals surface area contributed by atoms with Crippen molar-refractivity contribution in [2.45, 2.75) is 32.1 Å². The number of rotatable bonds is 3. The van der Waals surface area contributed by atoms with E-state index in [0.717, 1.165) is 5.56 Å². The van der Waals surface area contributed by atoms with Crippen LogP contribution in [0.15, 0.2) is 30.3 Å². The summed E-state index contributed by atoms with van der Waals surface area (Å²) in [4.78, 5) is 0. The lowest BCUT2D eigenvalue weighted by atomic mass is 10.2. The van der Waals surface area contributed by atoms with Gasteiger partial charge in [-0.1, -0.05) is 30.3 Å². The summed E-state index contributed by atoms with van der Waals surface area (Å²) in [6.07, 6.45) is 0. The molecule has 1 aromatic rings. The van der Waals surface area contributed by atoms with Crippen LogP contribution in [0.4, 0.5) is 0 Å². The highest BCUT2D eigenvalue weighted by atomic mass is 32.2. The van der Waals surface area contributed by atoms with Gasteiger partial charge in [0.25, 0.3) is 0 Å². The van der Waals surface area contributed by atoms with Gasteiger partial charge in [-0.3, -0.25) is 0 Å². The number of benzene rings is 1. The summed E-state index contributed by atoms with van der Waals surface area (Å²) in [7, 11) is -0.988. The van der Waals surface area contributed by atoms with Crippen LogP contribution in [0.5, 0.6) is 0 Å². The summed E-state index contributed by atoms with van der Waals surface area (Å²) in [6.45, 7) is 6.54. The molecule has 0 aliphatic heterocycles. The van der Waals surface area contributed by atoms with E-state index in [-0.39, 0.29) is 4.75 Å². The fraction of sp³-hybridized carbons (Fsp3) is 0.455. The van der Waals surface area contributed by atoms with Gasteiger partial charge in [-0.15, -0.1) is 0 Å². The zero-order chi connectivity index (χ0) is 10.6. The Bertz CT molecular complexity index is 303. The molecule has 14 heavy (non-hydrogen) atoms. The van der Waals surface area contributed by atoms with Crippen LogP contribution in [-0.2, 0) is 17.5 Å². The monoisotopic (exact) mass is 211 g/mol. The van der Waals surface area contributed by atoms with Gasteiger partial charge in [0.05, 0.1) is 15.7 Å². The normalized spacial score (nSPS) is 13.9. The van der Waals surface area contributed by atoms with Crippen LogP contribution in [0.3, 0.4) is 0 Å². The molecule has 0 amide bonds. The minimum Gasteiger partial charge on any atom is -0.242 e. The highest BCUT2D eigenvalue weighted by molar-refractivity contribution is 7.84. The van der Waals surface area contributed by atoms with Crippen LogP contribution in [0.1, 0.15) is 26.3 Å². The minimum absolute atomic E-state index is 0.200. The number of hydrogen-bond donors (Lipinski definition) is 1. The zero-order valence-electron chi connectivity index (χ0n) is 8.91. The van der Waals surface area contributed by atoms with E-state index >= 15 is 0 Å². The van der Waals surface area contributed by atoms with Gasteiger partial charge in [0.2, 0.25) is 0 Å². The van der Waals surface area contributed by atoms with Crippen molar-refractivity contribution in [1.82, 2.24) is 4.72 Å². The molecule has 0 heterocycles. The molecule has 2 nitrogen and oxygen atoms in total. The Balaban J connectivity index is 2.46. The maximum absolute atomic E-state index is 11.6. The smallest absolute Gasteiger partial charge is 0.0973 e. The Morgan fingerprint density at radius 1 is 1.21 bits per heavy atom. The quantitative estimate of drug-likeness (QED) is 0.816. The fourth-order valence-corrected chi connectivity index (χ4v) is 1.69. The fourth-order valence-electron chi connectivity index (χ4n) is 0.961. The Hall–Kier alpha value is -0.670. The summed E-state index contributed by atoms with van der Waals surface area (Å²) in [5.74, 6) is 0. The Morgan fingerprint density at radius 2 is 1.79 bits per heavy atom. The first-order valence-corrected chi connectivity index (χ1v) is 5.84. The maximum Gasteiger partial charge on any atom is 0.0973 e. The SMILES string of the molecule is CC(C)(C)[S@@](=O)NCc1ccccc1. The lowest BCUT2D eigenvalue weighted by molar-refractivity contribution is 0.635. The molecule has 0 unspecified atom stereocenters. The molecule has 1 rings (SSSR count). The Labute approximate surface area is 88.3 Å². The van der Waals surface area contributed by atoms with Crippen LogP contribution in [0.25, 0.3) is 0 Å². The predicted octanol–water partition coefficient (Wildman–Crippen LogP) is 2.24. The molecule has 0 aliphatic carbocycles. The lowest BCUT2D eigenvalue weighted by Crippen LogP contribution is -2.32. The first kappa shape index (κ1) is 11.4. The van der Waals surface area contributed by atoms with E-state index < -0.39 is 11.0 Å². The van der Waals surface area contributed by atoms with E-state index in [2.05, 4.69) is 4.72 Å². The van der Waals surface area contributed by atoms with E-state index in [9.17, 15) is 4.21 Å². The molecule has 78 valence electrons. The van der Waals surface area contributed by atoms with Crippen molar-refractivity contribution in [3.05, 3.63) is 35.9 Å². The summed E-state index contributed by atoms with van der Waals surface area (Å²) < 4.78 is 14.4. The van der Waals surface area contributed by atoms with Crippen molar-refractivity contribution in [3.63, 3.8) is 0 Å². The third kappa shape index (κ3) is 3.60. The average molecular weight is 211 g/mol. The largest absolute Gasteiger partial charge is 0.242 e. The van der Waals surface area contributed by atoms with Gasteiger partial charge in [-0.05, 0) is 26.3 Å². The summed E-state index contributed by atoms with van der Waals surface area (Å²) in [5.41, 5.74) is 1.16. The van der Waals surface area contributed by atoms with Crippen LogP contribution in [0, 0.1) is 0 Å². The van der Waals surface area contributed by atoms with Crippen molar-refractivity contribution in [2.75, 3.05) is 0 Å². The molecule has 0 bridgehead atoms. The molecule has 0 saturated heterocycles. The van der Waals surface area contributed by atoms with Crippen molar-refractivity contribution >= 4 is 11.0 Å². The van der Waals surface area contributed by atoms with E-state index in [1.54, 1.807) is 0 Å². The van der Waals surface area contributed by atoms with Gasteiger partial charge in [-0.2, -0.15) is 0 Å². The number of nitrogens with one attached hydrogen (secondary N) is 1. The van der Waals surface area contributed by atoms with Gasteiger partial charge in [0.1, 0.15) is 0 Å². The second-order valence-corrected chi connectivity index (χ2v) is 6.24. The number of hydrogen-bond acceptors (Lipinski definition) is 1. The van der Waals surface area contributed by atoms with Crippen LogP contribution in [-0.4, -0.2) is 8.96 Å². The van der Waals surface area contributed by atoms with Crippen LogP contribution >= 0.6 is 0 Å². The first-order valence-electron chi connectivity index (χ1n) is 4.69. The van der Waals surface area contributed by atoms with E-state index in [1.165, 1.54) is 0 Å². The average Bonchev–Trinajstić information content (AvgIpc) is 2.14. The molecule has 0 fully saturated rings. The second kappa shape index (κ2) is 4.71. The molecular formula is C11H17NOS. The van der Waals surface area contributed by atoms with Crippen LogP contribution in [0.2, 0.25) is 0 Å². The van der Waals surface area contributed by atoms with E-state index in [4.69, 9.17) is 0 Å². The molecule has 0 saturated carbocycles. The van der Waals surface area contributed by atoms with E-state index in [0.29, 0.717) is 6.54 Å². The van der Waals surface area contributed by atoms with Crippen molar-refractivity contribution < 1.29 is 4.21 Å². The third-order valence-electron chi connectivity index (χ3n) is 1.81. The summed E-state index contributed by atoms with van der Waals surface area (Å²) >= 11 is 0. The van der Waals surface area contributed by atoms with E-state index in [1.807, 2.05) is 51.1 Å². The third-order valence-corrected chi connectivity index (χ3v) is 3.33. The molecule has 3 heteroatoms. The standard InChI is InChI=1S/C11H17NOS/c1-11(2,3)14(13)12-9-10-7-5-4-6-8-10/h4-8,12H,9H2,1-3H3/t14-/m1/s1. The topological polar surface area (TPSA) is 29.1 Å². The molecule has 0 radical (unpaired) electrons. The summed E-state index contributed by atoms with van der Waals surface area (Å²) in [6, 6.07) is 9.98. The molecule has 1 N–H and O–H groups in total. The van der Waals surface area contributed by atoms with Gasteiger partial charge < -0.3 is 0 Å². The van der Waals surface area contributed by atoms with Gasteiger partial charge in [0, 0.05) is 6.54 Å². The lowest BCUT2D eigenvalue weighted by Gasteiger charge is -2.17. The Morgan fingerprint density at radius 3 is 2.29 bits per heavy atom. The van der Waals surface area contributed by atoms with Gasteiger partial charge in [-0.25, -0.2) is 8.93 Å². The van der Waals surface area contributed by atoms with Gasteiger partial charge in [0.15, 0.2) is 0 Å². The molecular weight excluding hydrogens is 194 g/mol. The van der Waals surface area contributed by atoms with Crippen molar-refractivity contribution in [2.24, 2.45) is 0 Å². The molecule has 1 atom stereocenters. The van der Waals surface area contributed by atoms with Gasteiger partial charge >= 0.3 is 0 Å². The highest BCUT2D eigenvalue weighted by Gasteiger charge is 2.18.